The lowest BCUT2D eigenvalue weighted by molar-refractivity contribution is 1.36. The molecule has 1 aromatic rings. The lowest BCUT2D eigenvalue weighted by atomic mass is 10.3. The number of hydrogen-bond donors (Lipinski definition) is 1. The molecule has 0 aliphatic heterocycles. The van der Waals surface area contributed by atoms with E-state index in [9.17, 15) is 0 Å². The molecular formula is C7H6Cl2N2. The van der Waals surface area contributed by atoms with Crippen molar-refractivity contribution in [1.82, 2.24) is 0 Å². The second-order valence-corrected chi connectivity index (χ2v) is 2.74. The first-order chi connectivity index (χ1) is 5.29. The van der Waals surface area contributed by atoms with E-state index >= 15 is 0 Å². The van der Waals surface area contributed by atoms with E-state index in [1.54, 1.807) is 0 Å². The molecule has 0 bridgehead atoms. The highest BCUT2D eigenvalue weighted by Crippen LogP contribution is 2.05. The van der Waals surface area contributed by atoms with Crippen molar-refractivity contribution in [2.45, 2.75) is 0 Å². The minimum Gasteiger partial charge on any atom is -0.276 e. The van der Waals surface area contributed by atoms with Crippen LogP contribution in [0.5, 0.6) is 0 Å². The number of benzene rings is 1. The Kier molecular flexibility index (Phi) is 3.20. The standard InChI is InChI=1S/C7H6Cl2N2/c8-7(9)11-10-6-4-2-1-3-5-6/h1-5,10H. The summed E-state index contributed by atoms with van der Waals surface area (Å²) in [7, 11) is 0. The summed E-state index contributed by atoms with van der Waals surface area (Å²) in [6.45, 7) is 0. The minimum atomic E-state index is -0.0335. The van der Waals surface area contributed by atoms with E-state index in [1.807, 2.05) is 30.3 Å². The van der Waals surface area contributed by atoms with E-state index in [1.165, 1.54) is 0 Å². The maximum atomic E-state index is 5.28. The first-order valence-corrected chi connectivity index (χ1v) is 3.74. The average molecular weight is 189 g/mol. The highest BCUT2D eigenvalue weighted by Gasteiger charge is 1.86. The number of nitrogens with zero attached hydrogens (tertiary/aromatic N) is 1. The summed E-state index contributed by atoms with van der Waals surface area (Å²) >= 11 is 10.6. The molecule has 0 saturated heterocycles. The van der Waals surface area contributed by atoms with E-state index in [0.717, 1.165) is 5.69 Å². The first-order valence-electron chi connectivity index (χ1n) is 2.99. The normalized spacial score (nSPS) is 8.91. The molecule has 1 rings (SSSR count). The first kappa shape index (κ1) is 8.37. The van der Waals surface area contributed by atoms with Crippen molar-refractivity contribution in [3.63, 3.8) is 0 Å². The SMILES string of the molecule is ClC(Cl)=NNc1ccccc1. The molecule has 2 nitrogen and oxygen atoms in total. The van der Waals surface area contributed by atoms with Gasteiger partial charge in [-0.25, -0.2) is 0 Å². The molecule has 0 amide bonds. The van der Waals surface area contributed by atoms with Gasteiger partial charge in [-0.3, -0.25) is 5.43 Å². The molecule has 0 aliphatic rings. The van der Waals surface area contributed by atoms with Crippen molar-refractivity contribution >= 4 is 33.5 Å². The molecule has 11 heavy (non-hydrogen) atoms. The van der Waals surface area contributed by atoms with Crippen molar-refractivity contribution < 1.29 is 0 Å². The number of nitrogens with one attached hydrogen (secondary N) is 1. The summed E-state index contributed by atoms with van der Waals surface area (Å²) in [5.74, 6) is 0. The molecule has 1 N–H and O–H groups in total. The van der Waals surface area contributed by atoms with Crippen molar-refractivity contribution in [2.24, 2.45) is 5.10 Å². The van der Waals surface area contributed by atoms with E-state index in [4.69, 9.17) is 23.2 Å². The molecule has 0 heterocycles. The molecule has 0 spiro atoms. The highest BCUT2D eigenvalue weighted by atomic mass is 35.5. The van der Waals surface area contributed by atoms with Gasteiger partial charge in [-0.2, -0.15) is 5.10 Å². The second kappa shape index (κ2) is 4.21. The van der Waals surface area contributed by atoms with Crippen LogP contribution in [0, 0.1) is 0 Å². The quantitative estimate of drug-likeness (QED) is 0.561. The molecule has 0 aromatic heterocycles. The van der Waals surface area contributed by atoms with Gasteiger partial charge in [0.05, 0.1) is 5.69 Å². The fourth-order valence-corrected chi connectivity index (χ4v) is 0.704. The molecule has 0 saturated carbocycles. The zero-order chi connectivity index (χ0) is 8.10. The molecule has 0 fully saturated rings. The van der Waals surface area contributed by atoms with Gasteiger partial charge < -0.3 is 0 Å². The maximum Gasteiger partial charge on any atom is 0.215 e. The Labute approximate surface area is 74.8 Å². The Hall–Kier alpha value is -0.730. The van der Waals surface area contributed by atoms with Crippen LogP contribution in [0.2, 0.25) is 0 Å². The summed E-state index contributed by atoms with van der Waals surface area (Å²) in [6.07, 6.45) is 0. The predicted octanol–water partition coefficient (Wildman–Crippen LogP) is 2.85. The summed E-state index contributed by atoms with van der Waals surface area (Å²) in [5, 5.41) is 3.59. The van der Waals surface area contributed by atoms with Gasteiger partial charge in [-0.1, -0.05) is 18.2 Å². The van der Waals surface area contributed by atoms with Crippen LogP contribution in [0.15, 0.2) is 35.4 Å². The molecule has 4 heteroatoms. The van der Waals surface area contributed by atoms with Gasteiger partial charge >= 0.3 is 0 Å². The van der Waals surface area contributed by atoms with E-state index in [2.05, 4.69) is 10.5 Å². The molecule has 0 unspecified atom stereocenters. The summed E-state index contributed by atoms with van der Waals surface area (Å²) in [6, 6.07) is 9.41. The smallest absolute Gasteiger partial charge is 0.215 e. The molecule has 0 atom stereocenters. The van der Waals surface area contributed by atoms with Crippen molar-refractivity contribution in [3.8, 4) is 0 Å². The fraction of sp³-hybridized carbons (Fsp3) is 0. The Morgan fingerprint density at radius 2 is 1.82 bits per heavy atom. The molecular weight excluding hydrogens is 183 g/mol. The van der Waals surface area contributed by atoms with Gasteiger partial charge in [0.25, 0.3) is 0 Å². The predicted molar refractivity (Wildman–Crippen MR) is 49.2 cm³/mol. The number of rotatable bonds is 2. The second-order valence-electron chi connectivity index (χ2n) is 1.83. The minimum absolute atomic E-state index is 0.0335. The number of anilines is 1. The third-order valence-corrected chi connectivity index (χ3v) is 1.21. The Bertz CT molecular complexity index is 242. The van der Waals surface area contributed by atoms with Crippen LogP contribution in [0.4, 0.5) is 5.69 Å². The van der Waals surface area contributed by atoms with Crippen LogP contribution < -0.4 is 5.43 Å². The monoisotopic (exact) mass is 188 g/mol. The van der Waals surface area contributed by atoms with Crippen LogP contribution in [-0.4, -0.2) is 4.63 Å². The number of hydrogen-bond acceptors (Lipinski definition) is 2. The lowest BCUT2D eigenvalue weighted by Crippen LogP contribution is -1.88. The van der Waals surface area contributed by atoms with Gasteiger partial charge in [0, 0.05) is 0 Å². The van der Waals surface area contributed by atoms with Gasteiger partial charge in [0.15, 0.2) is 0 Å². The topological polar surface area (TPSA) is 24.4 Å². The van der Waals surface area contributed by atoms with Crippen molar-refractivity contribution in [2.75, 3.05) is 5.43 Å². The lowest BCUT2D eigenvalue weighted by Gasteiger charge is -1.96. The number of hydrazone groups is 1. The van der Waals surface area contributed by atoms with E-state index in [-0.39, 0.29) is 4.63 Å². The van der Waals surface area contributed by atoms with Crippen LogP contribution in [0.1, 0.15) is 0 Å². The zero-order valence-corrected chi connectivity index (χ0v) is 7.10. The highest BCUT2D eigenvalue weighted by molar-refractivity contribution is 6.95. The van der Waals surface area contributed by atoms with Crippen LogP contribution in [0.25, 0.3) is 0 Å². The zero-order valence-electron chi connectivity index (χ0n) is 5.59. The Morgan fingerprint density at radius 1 is 1.18 bits per heavy atom. The number of para-hydroxylation sites is 1. The van der Waals surface area contributed by atoms with Crippen molar-refractivity contribution in [1.29, 1.82) is 0 Å². The molecule has 0 aliphatic carbocycles. The van der Waals surface area contributed by atoms with Gasteiger partial charge in [0.1, 0.15) is 0 Å². The van der Waals surface area contributed by atoms with Crippen LogP contribution in [-0.2, 0) is 0 Å². The Balaban J connectivity index is 2.59. The molecule has 0 radical (unpaired) electrons. The largest absolute Gasteiger partial charge is 0.276 e. The van der Waals surface area contributed by atoms with Crippen LogP contribution in [0.3, 0.4) is 0 Å². The summed E-state index contributed by atoms with van der Waals surface area (Å²) in [4.78, 5) is 0. The van der Waals surface area contributed by atoms with E-state index < -0.39 is 0 Å². The maximum absolute atomic E-state index is 5.28. The number of halogens is 2. The van der Waals surface area contributed by atoms with Crippen LogP contribution >= 0.6 is 23.2 Å². The van der Waals surface area contributed by atoms with Gasteiger partial charge in [0.2, 0.25) is 4.63 Å². The fourth-order valence-electron chi connectivity index (χ4n) is 0.619. The van der Waals surface area contributed by atoms with Crippen molar-refractivity contribution in [3.05, 3.63) is 30.3 Å². The third-order valence-electron chi connectivity index (χ3n) is 1.04. The molecule has 58 valence electrons. The van der Waals surface area contributed by atoms with E-state index in [0.29, 0.717) is 0 Å². The van der Waals surface area contributed by atoms with Gasteiger partial charge in [-0.05, 0) is 35.3 Å². The average Bonchev–Trinajstić information content (AvgIpc) is 2.03. The Morgan fingerprint density at radius 3 is 2.36 bits per heavy atom. The third kappa shape index (κ3) is 3.25. The summed E-state index contributed by atoms with van der Waals surface area (Å²) in [5.41, 5.74) is 3.52. The van der Waals surface area contributed by atoms with Gasteiger partial charge in [-0.15, -0.1) is 0 Å². The summed E-state index contributed by atoms with van der Waals surface area (Å²) < 4.78 is -0.0335. The molecule has 1 aromatic carbocycles.